The van der Waals surface area contributed by atoms with E-state index in [1.54, 1.807) is 7.11 Å². The van der Waals surface area contributed by atoms with E-state index in [0.717, 1.165) is 20.9 Å². The summed E-state index contributed by atoms with van der Waals surface area (Å²) in [5.41, 5.74) is 1.25. The number of halogens is 1. The zero-order chi connectivity index (χ0) is 15.5. The molecular weight excluding hydrogens is 342 g/mol. The second-order valence-corrected chi connectivity index (χ2v) is 5.61. The number of nitrogens with one attached hydrogen (secondary N) is 1. The van der Waals surface area contributed by atoms with Gasteiger partial charge in [0.1, 0.15) is 5.75 Å². The Labute approximate surface area is 137 Å². The van der Waals surface area contributed by atoms with Gasteiger partial charge in [-0.1, -0.05) is 42.5 Å². The van der Waals surface area contributed by atoms with Crippen molar-refractivity contribution in [2.24, 2.45) is 0 Å². The van der Waals surface area contributed by atoms with Crippen molar-refractivity contribution >= 4 is 38.3 Å². The first-order valence-electron chi connectivity index (χ1n) is 6.82. The topological polar surface area (TPSA) is 38.3 Å². The number of amides is 1. The van der Waals surface area contributed by atoms with Crippen molar-refractivity contribution in [3.63, 3.8) is 0 Å². The SMILES string of the molecule is COc1c(C(=O)Nc2ccccc2)cc2ccccc2c1Br. The first kappa shape index (κ1) is 14.6. The number of anilines is 1. The monoisotopic (exact) mass is 355 g/mol. The molecule has 0 aliphatic heterocycles. The average molecular weight is 356 g/mol. The molecule has 3 nitrogen and oxygen atoms in total. The van der Waals surface area contributed by atoms with E-state index in [1.165, 1.54) is 0 Å². The van der Waals surface area contributed by atoms with Gasteiger partial charge >= 0.3 is 0 Å². The molecule has 3 aromatic carbocycles. The highest BCUT2D eigenvalue weighted by atomic mass is 79.9. The molecule has 0 aliphatic carbocycles. The minimum Gasteiger partial charge on any atom is -0.495 e. The number of fused-ring (bicyclic) bond motifs is 1. The molecule has 0 heterocycles. The smallest absolute Gasteiger partial charge is 0.259 e. The lowest BCUT2D eigenvalue weighted by molar-refractivity contribution is 0.102. The van der Waals surface area contributed by atoms with Crippen molar-refractivity contribution in [3.8, 4) is 5.75 Å². The molecule has 1 N–H and O–H groups in total. The standard InChI is InChI=1S/C18H14BrNO2/c1-22-17-15(18(21)20-13-8-3-2-4-9-13)11-12-7-5-6-10-14(12)16(17)19/h2-11H,1H3,(H,20,21). The van der Waals surface area contributed by atoms with Crippen LogP contribution in [0.15, 0.2) is 65.1 Å². The van der Waals surface area contributed by atoms with E-state index in [2.05, 4.69) is 21.2 Å². The highest BCUT2D eigenvalue weighted by Crippen LogP contribution is 2.36. The van der Waals surface area contributed by atoms with Crippen LogP contribution in [-0.2, 0) is 0 Å². The highest BCUT2D eigenvalue weighted by Gasteiger charge is 2.18. The Balaban J connectivity index is 2.07. The van der Waals surface area contributed by atoms with Gasteiger partial charge < -0.3 is 10.1 Å². The van der Waals surface area contributed by atoms with E-state index in [-0.39, 0.29) is 5.91 Å². The van der Waals surface area contributed by atoms with Crippen molar-refractivity contribution in [1.29, 1.82) is 0 Å². The Morgan fingerprint density at radius 1 is 1.05 bits per heavy atom. The lowest BCUT2D eigenvalue weighted by atomic mass is 10.1. The fourth-order valence-electron chi connectivity index (χ4n) is 2.37. The summed E-state index contributed by atoms with van der Waals surface area (Å²) in [6.45, 7) is 0. The van der Waals surface area contributed by atoms with Gasteiger partial charge in [0.05, 0.1) is 17.1 Å². The number of hydrogen-bond donors (Lipinski definition) is 1. The van der Waals surface area contributed by atoms with Gasteiger partial charge in [-0.25, -0.2) is 0 Å². The molecular formula is C18H14BrNO2. The lowest BCUT2D eigenvalue weighted by Gasteiger charge is -2.13. The number of para-hydroxylation sites is 1. The van der Waals surface area contributed by atoms with Gasteiger partial charge in [-0.05, 0) is 44.9 Å². The summed E-state index contributed by atoms with van der Waals surface area (Å²) in [6.07, 6.45) is 0. The van der Waals surface area contributed by atoms with E-state index >= 15 is 0 Å². The van der Waals surface area contributed by atoms with Crippen LogP contribution in [0, 0.1) is 0 Å². The van der Waals surface area contributed by atoms with Gasteiger partial charge in [0, 0.05) is 5.69 Å². The van der Waals surface area contributed by atoms with Crippen molar-refractivity contribution in [1.82, 2.24) is 0 Å². The predicted octanol–water partition coefficient (Wildman–Crippen LogP) is 4.86. The van der Waals surface area contributed by atoms with Crippen LogP contribution in [0.2, 0.25) is 0 Å². The molecule has 0 saturated heterocycles. The summed E-state index contributed by atoms with van der Waals surface area (Å²) >= 11 is 3.54. The average Bonchev–Trinajstić information content (AvgIpc) is 2.55. The van der Waals surface area contributed by atoms with Crippen molar-refractivity contribution < 1.29 is 9.53 Å². The van der Waals surface area contributed by atoms with Crippen LogP contribution in [0.3, 0.4) is 0 Å². The van der Waals surface area contributed by atoms with E-state index in [9.17, 15) is 4.79 Å². The van der Waals surface area contributed by atoms with Crippen LogP contribution in [0.4, 0.5) is 5.69 Å². The van der Waals surface area contributed by atoms with E-state index in [0.29, 0.717) is 11.3 Å². The summed E-state index contributed by atoms with van der Waals surface area (Å²) in [7, 11) is 1.56. The Kier molecular flexibility index (Phi) is 4.11. The lowest BCUT2D eigenvalue weighted by Crippen LogP contribution is -2.13. The molecule has 0 radical (unpaired) electrons. The van der Waals surface area contributed by atoms with Crippen LogP contribution >= 0.6 is 15.9 Å². The summed E-state index contributed by atoms with van der Waals surface area (Å²) < 4.78 is 6.22. The second kappa shape index (κ2) is 6.20. The van der Waals surface area contributed by atoms with Gasteiger partial charge in [-0.15, -0.1) is 0 Å². The Hall–Kier alpha value is -2.33. The third kappa shape index (κ3) is 2.70. The third-order valence-corrected chi connectivity index (χ3v) is 4.21. The highest BCUT2D eigenvalue weighted by molar-refractivity contribution is 9.10. The Morgan fingerprint density at radius 2 is 1.73 bits per heavy atom. The van der Waals surface area contributed by atoms with Crippen LogP contribution in [0.1, 0.15) is 10.4 Å². The molecule has 0 saturated carbocycles. The number of rotatable bonds is 3. The van der Waals surface area contributed by atoms with E-state index in [4.69, 9.17) is 4.74 Å². The number of ether oxygens (including phenoxy) is 1. The van der Waals surface area contributed by atoms with Gasteiger partial charge in [0.25, 0.3) is 5.91 Å². The third-order valence-electron chi connectivity index (χ3n) is 3.42. The number of methoxy groups -OCH3 is 1. The maximum Gasteiger partial charge on any atom is 0.259 e. The fourth-order valence-corrected chi connectivity index (χ4v) is 3.11. The summed E-state index contributed by atoms with van der Waals surface area (Å²) in [5.74, 6) is 0.335. The number of benzene rings is 3. The second-order valence-electron chi connectivity index (χ2n) is 4.81. The van der Waals surface area contributed by atoms with Gasteiger partial charge in [0.2, 0.25) is 0 Å². The molecule has 0 fully saturated rings. The van der Waals surface area contributed by atoms with Gasteiger partial charge in [-0.3, -0.25) is 4.79 Å². The summed E-state index contributed by atoms with van der Waals surface area (Å²) in [5, 5.41) is 4.87. The minimum absolute atomic E-state index is 0.200. The van der Waals surface area contributed by atoms with Crippen molar-refractivity contribution in [3.05, 3.63) is 70.7 Å². The number of hydrogen-bond acceptors (Lipinski definition) is 2. The Bertz CT molecular complexity index is 831. The summed E-state index contributed by atoms with van der Waals surface area (Å²) in [4.78, 5) is 12.6. The molecule has 0 aliphatic rings. The largest absolute Gasteiger partial charge is 0.495 e. The quantitative estimate of drug-likeness (QED) is 0.728. The van der Waals surface area contributed by atoms with Crippen LogP contribution < -0.4 is 10.1 Å². The normalized spacial score (nSPS) is 10.5. The number of carbonyl (C=O) groups excluding carboxylic acids is 1. The van der Waals surface area contributed by atoms with Gasteiger partial charge in [-0.2, -0.15) is 0 Å². The maximum atomic E-state index is 12.6. The van der Waals surface area contributed by atoms with E-state index in [1.807, 2.05) is 60.7 Å². The summed E-state index contributed by atoms with van der Waals surface area (Å²) in [6, 6.07) is 19.1. The molecule has 0 spiro atoms. The molecule has 0 bridgehead atoms. The van der Waals surface area contributed by atoms with Crippen LogP contribution in [0.25, 0.3) is 10.8 Å². The first-order valence-corrected chi connectivity index (χ1v) is 7.61. The van der Waals surface area contributed by atoms with Gasteiger partial charge in [0.15, 0.2) is 0 Å². The molecule has 110 valence electrons. The zero-order valence-electron chi connectivity index (χ0n) is 12.0. The van der Waals surface area contributed by atoms with Crippen LogP contribution in [0.5, 0.6) is 5.75 Å². The molecule has 4 heteroatoms. The molecule has 3 aromatic rings. The van der Waals surface area contributed by atoms with Crippen molar-refractivity contribution in [2.45, 2.75) is 0 Å². The molecule has 3 rings (SSSR count). The molecule has 0 aromatic heterocycles. The van der Waals surface area contributed by atoms with E-state index < -0.39 is 0 Å². The molecule has 1 amide bonds. The van der Waals surface area contributed by atoms with Crippen LogP contribution in [-0.4, -0.2) is 13.0 Å². The maximum absolute atomic E-state index is 12.6. The first-order chi connectivity index (χ1) is 10.7. The zero-order valence-corrected chi connectivity index (χ0v) is 13.6. The minimum atomic E-state index is -0.200. The Morgan fingerprint density at radius 3 is 2.45 bits per heavy atom. The molecule has 0 unspecified atom stereocenters. The predicted molar refractivity (Wildman–Crippen MR) is 92.6 cm³/mol. The molecule has 0 atom stereocenters. The molecule has 22 heavy (non-hydrogen) atoms. The fraction of sp³-hybridized carbons (Fsp3) is 0.0556. The van der Waals surface area contributed by atoms with Crippen molar-refractivity contribution in [2.75, 3.05) is 12.4 Å². The number of carbonyl (C=O) groups is 1.